The fourth-order valence-corrected chi connectivity index (χ4v) is 4.18. The molecule has 0 N–H and O–H groups in total. The number of thioether (sulfide) groups is 1. The molecule has 2 aromatic carbocycles. The second-order valence-corrected chi connectivity index (χ2v) is 7.26. The van der Waals surface area contributed by atoms with Crippen LogP contribution in [0.1, 0.15) is 10.4 Å². The van der Waals surface area contributed by atoms with Crippen molar-refractivity contribution < 1.29 is 23.1 Å². The van der Waals surface area contributed by atoms with Crippen LogP contribution in [-0.4, -0.2) is 29.8 Å². The maximum Gasteiger partial charge on any atom is 0.325 e. The van der Waals surface area contributed by atoms with Crippen LogP contribution in [0.25, 0.3) is 10.2 Å². The van der Waals surface area contributed by atoms with Gasteiger partial charge in [-0.25, -0.2) is 8.78 Å². The van der Waals surface area contributed by atoms with E-state index in [1.807, 2.05) is 6.26 Å². The van der Waals surface area contributed by atoms with Gasteiger partial charge in [0.05, 0.1) is 22.9 Å². The van der Waals surface area contributed by atoms with Crippen LogP contribution in [0.5, 0.6) is 0 Å². The third-order valence-electron chi connectivity index (χ3n) is 3.74. The van der Waals surface area contributed by atoms with E-state index in [9.17, 15) is 18.4 Å². The number of methoxy groups -OCH3 is 1. The van der Waals surface area contributed by atoms with E-state index >= 15 is 0 Å². The Hall–Kier alpha value is -2.52. The van der Waals surface area contributed by atoms with Crippen LogP contribution in [0.2, 0.25) is 0 Å². The second kappa shape index (κ2) is 8.01. The number of nitrogens with zero attached hydrogens (tertiary/aromatic N) is 2. The lowest BCUT2D eigenvalue weighted by Gasteiger charge is -2.05. The highest BCUT2D eigenvalue weighted by molar-refractivity contribution is 7.98. The van der Waals surface area contributed by atoms with E-state index in [1.54, 1.807) is 24.3 Å². The molecule has 0 radical (unpaired) electrons. The molecule has 1 heterocycles. The van der Waals surface area contributed by atoms with Crippen LogP contribution < -0.4 is 4.80 Å². The summed E-state index contributed by atoms with van der Waals surface area (Å²) in [5, 5.41) is 0. The van der Waals surface area contributed by atoms with E-state index in [4.69, 9.17) is 0 Å². The van der Waals surface area contributed by atoms with Gasteiger partial charge in [0.15, 0.2) is 10.6 Å². The lowest BCUT2D eigenvalue weighted by atomic mass is 10.2. The number of rotatable bonds is 4. The zero-order valence-electron chi connectivity index (χ0n) is 14.4. The number of aromatic nitrogens is 1. The average molecular weight is 408 g/mol. The van der Waals surface area contributed by atoms with Crippen molar-refractivity contribution in [1.82, 2.24) is 4.57 Å². The van der Waals surface area contributed by atoms with Crippen LogP contribution in [0, 0.1) is 11.6 Å². The maximum atomic E-state index is 14.3. The van der Waals surface area contributed by atoms with Gasteiger partial charge in [-0.1, -0.05) is 23.5 Å². The summed E-state index contributed by atoms with van der Waals surface area (Å²) in [6.07, 6.45) is 1.83. The molecule has 0 fully saturated rings. The molecule has 0 saturated carbocycles. The molecule has 9 heteroatoms. The van der Waals surface area contributed by atoms with E-state index in [0.29, 0.717) is 5.56 Å². The number of hydrogen-bond acceptors (Lipinski definition) is 5. The Morgan fingerprint density at radius 1 is 1.26 bits per heavy atom. The number of hydrogen-bond donors (Lipinski definition) is 0. The van der Waals surface area contributed by atoms with Gasteiger partial charge >= 0.3 is 5.97 Å². The van der Waals surface area contributed by atoms with Gasteiger partial charge < -0.3 is 9.30 Å². The third kappa shape index (κ3) is 3.93. The van der Waals surface area contributed by atoms with Crippen molar-refractivity contribution in [3.05, 3.63) is 58.4 Å². The van der Waals surface area contributed by atoms with Crippen LogP contribution in [0.15, 0.2) is 46.3 Å². The van der Waals surface area contributed by atoms with Gasteiger partial charge in [0.25, 0.3) is 5.91 Å². The molecule has 1 amide bonds. The Kier molecular flexibility index (Phi) is 5.71. The Bertz CT molecular complexity index is 1110. The Balaban J connectivity index is 2.22. The second-order valence-electron chi connectivity index (χ2n) is 5.40. The molecule has 0 unspecified atom stereocenters. The topological polar surface area (TPSA) is 60.7 Å². The summed E-state index contributed by atoms with van der Waals surface area (Å²) in [6, 6.07) is 8.79. The number of benzene rings is 2. The molecule has 1 aromatic heterocycles. The van der Waals surface area contributed by atoms with E-state index in [2.05, 4.69) is 9.73 Å². The van der Waals surface area contributed by atoms with Crippen LogP contribution in [0.4, 0.5) is 8.78 Å². The summed E-state index contributed by atoms with van der Waals surface area (Å²) in [7, 11) is 1.20. The highest BCUT2D eigenvalue weighted by Crippen LogP contribution is 2.23. The van der Waals surface area contributed by atoms with Gasteiger partial charge in [-0.2, -0.15) is 4.99 Å². The lowest BCUT2D eigenvalue weighted by Crippen LogP contribution is -2.23. The first-order chi connectivity index (χ1) is 12.9. The van der Waals surface area contributed by atoms with Gasteiger partial charge in [-0.05, 0) is 24.5 Å². The molecule has 0 bridgehead atoms. The molecule has 0 saturated heterocycles. The van der Waals surface area contributed by atoms with Crippen LogP contribution in [0.3, 0.4) is 0 Å². The SMILES string of the molecule is COC(=O)Cn1c(=NC(=O)c2ccccc2SC)sc2cc(F)cc(F)c21. The summed E-state index contributed by atoms with van der Waals surface area (Å²) in [5.74, 6) is -2.77. The number of halogens is 2. The zero-order valence-corrected chi connectivity index (χ0v) is 16.0. The van der Waals surface area contributed by atoms with Crippen molar-refractivity contribution in [3.63, 3.8) is 0 Å². The Morgan fingerprint density at radius 3 is 2.70 bits per heavy atom. The smallest absolute Gasteiger partial charge is 0.325 e. The van der Waals surface area contributed by atoms with Crippen molar-refractivity contribution in [3.8, 4) is 0 Å². The Labute approximate surface area is 161 Å². The maximum absolute atomic E-state index is 14.3. The van der Waals surface area contributed by atoms with Gasteiger partial charge in [0.1, 0.15) is 12.4 Å². The minimum Gasteiger partial charge on any atom is -0.468 e. The molecule has 3 aromatic rings. The van der Waals surface area contributed by atoms with Crippen molar-refractivity contribution in [1.29, 1.82) is 0 Å². The fourth-order valence-electron chi connectivity index (χ4n) is 2.52. The van der Waals surface area contributed by atoms with Gasteiger partial charge in [-0.3, -0.25) is 9.59 Å². The highest BCUT2D eigenvalue weighted by Gasteiger charge is 2.17. The average Bonchev–Trinajstić information content (AvgIpc) is 2.98. The molecule has 3 rings (SSSR count). The quantitative estimate of drug-likeness (QED) is 0.489. The molecular weight excluding hydrogens is 394 g/mol. The lowest BCUT2D eigenvalue weighted by molar-refractivity contribution is -0.141. The van der Waals surface area contributed by atoms with Crippen molar-refractivity contribution in [2.24, 2.45) is 4.99 Å². The van der Waals surface area contributed by atoms with Crippen LogP contribution in [-0.2, 0) is 16.1 Å². The van der Waals surface area contributed by atoms with Crippen LogP contribution >= 0.6 is 23.1 Å². The number of esters is 1. The first-order valence-corrected chi connectivity index (χ1v) is 9.76. The van der Waals surface area contributed by atoms with Crippen molar-refractivity contribution in [2.45, 2.75) is 11.4 Å². The molecular formula is C18H14F2N2O3S2. The number of carbonyl (C=O) groups is 2. The predicted octanol–water partition coefficient (Wildman–Crippen LogP) is 3.62. The minimum atomic E-state index is -0.844. The van der Waals surface area contributed by atoms with Gasteiger partial charge in [0.2, 0.25) is 0 Å². The van der Waals surface area contributed by atoms with E-state index in [-0.39, 0.29) is 21.6 Å². The molecule has 0 atom stereocenters. The fraction of sp³-hybridized carbons (Fsp3) is 0.167. The summed E-state index contributed by atoms with van der Waals surface area (Å²) in [5.41, 5.74) is 0.384. The molecule has 5 nitrogen and oxygen atoms in total. The predicted molar refractivity (Wildman–Crippen MR) is 99.9 cm³/mol. The van der Waals surface area contributed by atoms with Crippen molar-refractivity contribution >= 4 is 45.2 Å². The van der Waals surface area contributed by atoms with E-state index in [0.717, 1.165) is 28.4 Å². The summed E-state index contributed by atoms with van der Waals surface area (Å²) in [6.45, 7) is -0.352. The first-order valence-electron chi connectivity index (χ1n) is 7.72. The van der Waals surface area contributed by atoms with Gasteiger partial charge in [-0.15, -0.1) is 11.8 Å². The minimum absolute atomic E-state index is 0.00324. The Morgan fingerprint density at radius 2 is 2.00 bits per heavy atom. The zero-order chi connectivity index (χ0) is 19.6. The molecule has 27 heavy (non-hydrogen) atoms. The molecule has 140 valence electrons. The number of amides is 1. The summed E-state index contributed by atoms with van der Waals surface area (Å²) < 4.78 is 34.0. The largest absolute Gasteiger partial charge is 0.468 e. The standard InChI is InChI=1S/C18H14F2N2O3S2/c1-25-15(23)9-22-16-12(20)7-10(19)8-14(16)27-18(22)21-17(24)11-5-3-4-6-13(11)26-2/h3-8H,9H2,1-2H3. The normalized spacial score (nSPS) is 11.8. The number of ether oxygens (including phenoxy) is 1. The number of carbonyl (C=O) groups excluding carboxylic acids is 2. The number of fused-ring (bicyclic) bond motifs is 1. The first kappa shape index (κ1) is 19.2. The monoisotopic (exact) mass is 408 g/mol. The summed E-state index contributed by atoms with van der Waals surface area (Å²) >= 11 is 2.32. The third-order valence-corrected chi connectivity index (χ3v) is 5.57. The highest BCUT2D eigenvalue weighted by atomic mass is 32.2. The van der Waals surface area contributed by atoms with Crippen molar-refractivity contribution in [2.75, 3.05) is 13.4 Å². The molecule has 0 aliphatic carbocycles. The molecule has 0 spiro atoms. The summed E-state index contributed by atoms with van der Waals surface area (Å²) in [4.78, 5) is 29.3. The molecule has 0 aliphatic heterocycles. The molecule has 0 aliphatic rings. The van der Waals surface area contributed by atoms with E-state index < -0.39 is 23.5 Å². The van der Waals surface area contributed by atoms with Gasteiger partial charge in [0, 0.05) is 11.0 Å². The van der Waals surface area contributed by atoms with E-state index in [1.165, 1.54) is 23.4 Å². The number of thiazole rings is 1.